The average molecular weight is 486 g/mol. The predicted octanol–water partition coefficient (Wildman–Crippen LogP) is 3.72. The van der Waals surface area contributed by atoms with Gasteiger partial charge in [-0.2, -0.15) is 0 Å². The zero-order valence-corrected chi connectivity index (χ0v) is 21.0. The monoisotopic (exact) mass is 485 g/mol. The van der Waals surface area contributed by atoms with Crippen molar-refractivity contribution in [3.63, 3.8) is 0 Å². The molecule has 2 unspecified atom stereocenters. The van der Waals surface area contributed by atoms with Crippen LogP contribution in [0.3, 0.4) is 0 Å². The number of aryl methyl sites for hydroxylation is 1. The van der Waals surface area contributed by atoms with Gasteiger partial charge in [0.05, 0.1) is 12.0 Å². The van der Waals surface area contributed by atoms with Gasteiger partial charge in [-0.05, 0) is 86.0 Å². The van der Waals surface area contributed by atoms with Gasteiger partial charge in [-0.15, -0.1) is 0 Å². The van der Waals surface area contributed by atoms with Crippen LogP contribution < -0.4 is 10.6 Å². The minimum atomic E-state index is -0.264. The molecule has 4 aliphatic carbocycles. The fraction of sp³-hybridized carbons (Fsp3) is 0.500. The molecule has 5 aliphatic rings. The highest BCUT2D eigenvalue weighted by atomic mass is 16.2. The Morgan fingerprint density at radius 1 is 1.00 bits per heavy atom. The number of benzene rings is 2. The summed E-state index contributed by atoms with van der Waals surface area (Å²) in [7, 11) is 0. The summed E-state index contributed by atoms with van der Waals surface area (Å²) < 4.78 is 0. The first-order valence-corrected chi connectivity index (χ1v) is 13.3. The molecule has 36 heavy (non-hydrogen) atoms. The van der Waals surface area contributed by atoms with Gasteiger partial charge in [0.1, 0.15) is 0 Å². The Balaban J connectivity index is 1.13. The molecule has 1 saturated heterocycles. The van der Waals surface area contributed by atoms with Crippen LogP contribution in [-0.4, -0.2) is 42.3 Å². The summed E-state index contributed by atoms with van der Waals surface area (Å²) in [6, 6.07) is 16.4. The molecule has 0 radical (unpaired) electrons. The van der Waals surface area contributed by atoms with E-state index in [9.17, 15) is 14.4 Å². The third-order valence-corrected chi connectivity index (χ3v) is 9.19. The van der Waals surface area contributed by atoms with Gasteiger partial charge in [0, 0.05) is 25.2 Å². The lowest BCUT2D eigenvalue weighted by Crippen LogP contribution is -2.59. The molecule has 3 amide bonds. The number of amides is 3. The van der Waals surface area contributed by atoms with E-state index in [2.05, 4.69) is 41.8 Å². The van der Waals surface area contributed by atoms with Crippen molar-refractivity contribution in [3.8, 4) is 0 Å². The number of hydrogen-bond acceptors (Lipinski definition) is 3. The van der Waals surface area contributed by atoms with Gasteiger partial charge in [-0.1, -0.05) is 42.0 Å². The van der Waals surface area contributed by atoms with Crippen LogP contribution in [0.25, 0.3) is 0 Å². The van der Waals surface area contributed by atoms with E-state index < -0.39 is 0 Å². The molecule has 2 aromatic carbocycles. The van der Waals surface area contributed by atoms with Crippen molar-refractivity contribution >= 4 is 17.7 Å². The standard InChI is InChI=1S/C30H35N3O3/c1-20-2-8-25(9-3-20)29-13-22-12-23(14-29)16-30(15-22,19-29)28(36)32-17-21-4-6-24(7-5-21)27(35)33-11-10-31-26(34)18-33/h2-9,22-23H,10-19H2,1H3,(H,31,34)(H,32,36). The summed E-state index contributed by atoms with van der Waals surface area (Å²) in [6.07, 6.45) is 6.70. The maximum Gasteiger partial charge on any atom is 0.254 e. The number of nitrogens with one attached hydrogen (secondary N) is 2. The summed E-state index contributed by atoms with van der Waals surface area (Å²) in [4.78, 5) is 39.6. The molecule has 7 rings (SSSR count). The van der Waals surface area contributed by atoms with Gasteiger partial charge >= 0.3 is 0 Å². The Kier molecular flexibility index (Phi) is 5.66. The number of piperazine rings is 1. The number of carbonyl (C=O) groups excluding carboxylic acids is 3. The van der Waals surface area contributed by atoms with E-state index in [1.807, 2.05) is 12.1 Å². The number of carbonyl (C=O) groups is 3. The Morgan fingerprint density at radius 3 is 2.36 bits per heavy atom. The highest BCUT2D eigenvalue weighted by Crippen LogP contribution is 2.65. The lowest BCUT2D eigenvalue weighted by Gasteiger charge is -2.61. The van der Waals surface area contributed by atoms with E-state index in [-0.39, 0.29) is 35.1 Å². The van der Waals surface area contributed by atoms with E-state index >= 15 is 0 Å². The van der Waals surface area contributed by atoms with Crippen LogP contribution in [0.4, 0.5) is 0 Å². The Labute approximate surface area is 212 Å². The van der Waals surface area contributed by atoms with Crippen molar-refractivity contribution in [1.29, 1.82) is 0 Å². The Hall–Kier alpha value is -3.15. The molecule has 6 heteroatoms. The molecule has 5 fully saturated rings. The molecule has 2 atom stereocenters. The van der Waals surface area contributed by atoms with E-state index in [1.165, 1.54) is 30.4 Å². The summed E-state index contributed by atoms with van der Waals surface area (Å²) in [5.74, 6) is 1.23. The number of rotatable bonds is 5. The molecule has 1 heterocycles. The van der Waals surface area contributed by atoms with Gasteiger partial charge < -0.3 is 15.5 Å². The van der Waals surface area contributed by atoms with Gasteiger partial charge in [0.15, 0.2) is 0 Å². The fourth-order valence-corrected chi connectivity index (χ4v) is 7.90. The van der Waals surface area contributed by atoms with Crippen LogP contribution in [0.1, 0.15) is 65.6 Å². The first-order valence-electron chi connectivity index (χ1n) is 13.3. The quantitative estimate of drug-likeness (QED) is 0.678. The number of hydrogen-bond donors (Lipinski definition) is 2. The first-order chi connectivity index (χ1) is 17.3. The molecule has 0 aromatic heterocycles. The first kappa shape index (κ1) is 23.3. The van der Waals surface area contributed by atoms with Crippen LogP contribution >= 0.6 is 0 Å². The maximum atomic E-state index is 13.7. The van der Waals surface area contributed by atoms with E-state index in [0.29, 0.717) is 37.0 Å². The molecule has 2 aromatic rings. The summed E-state index contributed by atoms with van der Waals surface area (Å²) >= 11 is 0. The second-order valence-corrected chi connectivity index (χ2v) is 11.8. The zero-order chi connectivity index (χ0) is 24.9. The highest BCUT2D eigenvalue weighted by Gasteiger charge is 2.60. The van der Waals surface area contributed by atoms with E-state index in [4.69, 9.17) is 0 Å². The largest absolute Gasteiger partial charge is 0.353 e. The average Bonchev–Trinajstić information content (AvgIpc) is 2.86. The minimum Gasteiger partial charge on any atom is -0.353 e. The van der Waals surface area contributed by atoms with Crippen molar-refractivity contribution in [2.24, 2.45) is 17.3 Å². The van der Waals surface area contributed by atoms with Crippen LogP contribution in [-0.2, 0) is 21.5 Å². The van der Waals surface area contributed by atoms with Gasteiger partial charge in [-0.25, -0.2) is 0 Å². The van der Waals surface area contributed by atoms with Gasteiger partial charge in [-0.3, -0.25) is 14.4 Å². The molecule has 2 N–H and O–H groups in total. The lowest BCUT2D eigenvalue weighted by atomic mass is 9.42. The van der Waals surface area contributed by atoms with Gasteiger partial charge in [0.2, 0.25) is 11.8 Å². The van der Waals surface area contributed by atoms with Crippen molar-refractivity contribution in [2.75, 3.05) is 19.6 Å². The van der Waals surface area contributed by atoms with Crippen LogP contribution in [0.15, 0.2) is 48.5 Å². The molecule has 6 nitrogen and oxygen atoms in total. The molecular formula is C30H35N3O3. The summed E-state index contributed by atoms with van der Waals surface area (Å²) in [6.45, 7) is 3.71. The third-order valence-electron chi connectivity index (χ3n) is 9.19. The van der Waals surface area contributed by atoms with Crippen molar-refractivity contribution < 1.29 is 14.4 Å². The van der Waals surface area contributed by atoms with E-state index in [1.54, 1.807) is 17.0 Å². The summed E-state index contributed by atoms with van der Waals surface area (Å²) in [5.41, 5.74) is 4.13. The molecule has 0 spiro atoms. The van der Waals surface area contributed by atoms with Gasteiger partial charge in [0.25, 0.3) is 5.91 Å². The summed E-state index contributed by atoms with van der Waals surface area (Å²) in [5, 5.41) is 6.01. The van der Waals surface area contributed by atoms with Crippen molar-refractivity contribution in [2.45, 2.75) is 57.4 Å². The predicted molar refractivity (Wildman–Crippen MR) is 137 cm³/mol. The van der Waals surface area contributed by atoms with E-state index in [0.717, 1.165) is 24.8 Å². The van der Waals surface area contributed by atoms with Crippen LogP contribution in [0, 0.1) is 24.2 Å². The van der Waals surface area contributed by atoms with Crippen LogP contribution in [0.5, 0.6) is 0 Å². The third kappa shape index (κ3) is 4.10. The SMILES string of the molecule is Cc1ccc(C23CC4CC(CC(C(=O)NCc5ccc(C(=O)N6CCNC(=O)C6)cc5)(C4)C2)C3)cc1. The molecule has 4 bridgehead atoms. The van der Waals surface area contributed by atoms with Crippen LogP contribution in [0.2, 0.25) is 0 Å². The molecule has 188 valence electrons. The second-order valence-electron chi connectivity index (χ2n) is 11.8. The molecular weight excluding hydrogens is 450 g/mol. The minimum absolute atomic E-state index is 0.102. The maximum absolute atomic E-state index is 13.7. The second kappa shape index (κ2) is 8.75. The fourth-order valence-electron chi connectivity index (χ4n) is 7.90. The Morgan fingerprint density at radius 2 is 1.69 bits per heavy atom. The van der Waals surface area contributed by atoms with Crippen molar-refractivity contribution in [1.82, 2.24) is 15.5 Å². The van der Waals surface area contributed by atoms with Crippen molar-refractivity contribution in [3.05, 3.63) is 70.8 Å². The lowest BCUT2D eigenvalue weighted by molar-refractivity contribution is -0.149. The smallest absolute Gasteiger partial charge is 0.254 e. The zero-order valence-electron chi connectivity index (χ0n) is 21.0. The molecule has 1 aliphatic heterocycles. The topological polar surface area (TPSA) is 78.5 Å². The normalized spacial score (nSPS) is 30.7. The highest BCUT2D eigenvalue weighted by molar-refractivity contribution is 5.97. The Bertz CT molecular complexity index is 1170. The molecule has 4 saturated carbocycles. The number of nitrogens with zero attached hydrogens (tertiary/aromatic N) is 1.